The number of rotatable bonds is 8. The first-order valence-corrected chi connectivity index (χ1v) is 5.95. The summed E-state index contributed by atoms with van der Waals surface area (Å²) in [5.41, 5.74) is 0. The van der Waals surface area contributed by atoms with Gasteiger partial charge in [0.05, 0.1) is 6.54 Å². The molecule has 6 heteroatoms. The van der Waals surface area contributed by atoms with Crippen LogP contribution in [0.4, 0.5) is 0 Å². The van der Waals surface area contributed by atoms with Gasteiger partial charge in [-0.05, 0) is 12.8 Å². The lowest BCUT2D eigenvalue weighted by Crippen LogP contribution is -2.36. The first-order chi connectivity index (χ1) is 8.17. The van der Waals surface area contributed by atoms with Gasteiger partial charge in [-0.25, -0.2) is 0 Å². The Morgan fingerprint density at radius 3 is 2.82 bits per heavy atom. The van der Waals surface area contributed by atoms with Gasteiger partial charge >= 0.3 is 5.97 Å². The summed E-state index contributed by atoms with van der Waals surface area (Å²) in [7, 11) is 0. The van der Waals surface area contributed by atoms with Crippen LogP contribution in [0.15, 0.2) is 4.52 Å². The van der Waals surface area contributed by atoms with Crippen molar-refractivity contribution in [2.45, 2.75) is 52.1 Å². The summed E-state index contributed by atoms with van der Waals surface area (Å²) in [6.45, 7) is 4.29. The average molecular weight is 241 g/mol. The van der Waals surface area contributed by atoms with E-state index in [2.05, 4.69) is 15.5 Å². The molecule has 1 aromatic heterocycles. The van der Waals surface area contributed by atoms with E-state index in [1.165, 1.54) is 0 Å². The number of nitrogens with one attached hydrogen (secondary N) is 1. The zero-order valence-electron chi connectivity index (χ0n) is 10.3. The van der Waals surface area contributed by atoms with Gasteiger partial charge in [0.25, 0.3) is 0 Å². The summed E-state index contributed by atoms with van der Waals surface area (Å²) in [5, 5.41) is 15.6. The van der Waals surface area contributed by atoms with Crippen molar-refractivity contribution in [2.75, 3.05) is 0 Å². The van der Waals surface area contributed by atoms with Gasteiger partial charge < -0.3 is 9.63 Å². The Morgan fingerprint density at radius 2 is 2.24 bits per heavy atom. The van der Waals surface area contributed by atoms with Crippen LogP contribution >= 0.6 is 0 Å². The molecule has 0 saturated carbocycles. The maximum absolute atomic E-state index is 10.9. The van der Waals surface area contributed by atoms with Crippen LogP contribution < -0.4 is 5.32 Å². The minimum atomic E-state index is -0.847. The molecule has 1 rings (SSSR count). The van der Waals surface area contributed by atoms with Crippen molar-refractivity contribution >= 4 is 5.97 Å². The van der Waals surface area contributed by atoms with E-state index in [9.17, 15) is 4.79 Å². The van der Waals surface area contributed by atoms with E-state index in [1.54, 1.807) is 0 Å². The highest BCUT2D eigenvalue weighted by Gasteiger charge is 2.16. The molecule has 0 saturated heterocycles. The number of carboxylic acid groups (broad SMARTS) is 1. The van der Waals surface area contributed by atoms with Crippen LogP contribution in [-0.2, 0) is 17.8 Å². The average Bonchev–Trinajstić information content (AvgIpc) is 2.72. The SMILES string of the molecule is CCCc1noc(CNC(CCC)C(=O)O)n1. The number of carbonyl (C=O) groups is 1. The third-order valence-corrected chi connectivity index (χ3v) is 2.36. The number of nitrogens with zero attached hydrogens (tertiary/aromatic N) is 2. The van der Waals surface area contributed by atoms with E-state index in [-0.39, 0.29) is 0 Å². The van der Waals surface area contributed by atoms with Crippen molar-refractivity contribution in [2.24, 2.45) is 0 Å². The van der Waals surface area contributed by atoms with Crippen molar-refractivity contribution in [3.8, 4) is 0 Å². The fourth-order valence-corrected chi connectivity index (χ4v) is 1.50. The van der Waals surface area contributed by atoms with Gasteiger partial charge in [0.2, 0.25) is 5.89 Å². The molecule has 0 fully saturated rings. The minimum absolute atomic E-state index is 0.299. The zero-order chi connectivity index (χ0) is 12.7. The molecule has 0 radical (unpaired) electrons. The second-order valence-corrected chi connectivity index (χ2v) is 3.91. The molecule has 1 heterocycles. The maximum Gasteiger partial charge on any atom is 0.320 e. The van der Waals surface area contributed by atoms with E-state index in [0.29, 0.717) is 24.7 Å². The normalized spacial score (nSPS) is 12.6. The molecule has 0 amide bonds. The maximum atomic E-state index is 10.9. The van der Waals surface area contributed by atoms with Crippen molar-refractivity contribution in [1.29, 1.82) is 0 Å². The molecule has 6 nitrogen and oxygen atoms in total. The Bertz CT molecular complexity index is 351. The first kappa shape index (κ1) is 13.6. The third-order valence-electron chi connectivity index (χ3n) is 2.36. The van der Waals surface area contributed by atoms with E-state index >= 15 is 0 Å². The van der Waals surface area contributed by atoms with Gasteiger partial charge in [0.1, 0.15) is 6.04 Å². The molecule has 0 aliphatic carbocycles. The lowest BCUT2D eigenvalue weighted by molar-refractivity contribution is -0.139. The van der Waals surface area contributed by atoms with Gasteiger partial charge in [-0.15, -0.1) is 0 Å². The molecule has 1 unspecified atom stereocenters. The van der Waals surface area contributed by atoms with Gasteiger partial charge in [-0.3, -0.25) is 10.1 Å². The number of aromatic nitrogens is 2. The molecule has 0 bridgehead atoms. The van der Waals surface area contributed by atoms with E-state index in [4.69, 9.17) is 9.63 Å². The standard InChI is InChI=1S/C11H19N3O3/c1-3-5-8(11(15)16)12-7-10-13-9(6-4-2)14-17-10/h8,12H,3-7H2,1-2H3,(H,15,16). The molecular formula is C11H19N3O3. The van der Waals surface area contributed by atoms with Gasteiger partial charge in [-0.1, -0.05) is 25.4 Å². The third kappa shape index (κ3) is 4.52. The molecule has 0 spiro atoms. The highest BCUT2D eigenvalue weighted by Crippen LogP contribution is 2.02. The van der Waals surface area contributed by atoms with Crippen LogP contribution in [0.1, 0.15) is 44.8 Å². The monoisotopic (exact) mass is 241 g/mol. The zero-order valence-corrected chi connectivity index (χ0v) is 10.3. The fraction of sp³-hybridized carbons (Fsp3) is 0.727. The van der Waals surface area contributed by atoms with Gasteiger partial charge in [0, 0.05) is 6.42 Å². The Morgan fingerprint density at radius 1 is 1.47 bits per heavy atom. The van der Waals surface area contributed by atoms with Crippen molar-refractivity contribution in [3.05, 3.63) is 11.7 Å². The Labute approximate surface area is 100 Å². The number of hydrogen-bond acceptors (Lipinski definition) is 5. The molecule has 17 heavy (non-hydrogen) atoms. The van der Waals surface area contributed by atoms with Crippen LogP contribution in [0, 0.1) is 0 Å². The molecule has 96 valence electrons. The van der Waals surface area contributed by atoms with Crippen molar-refractivity contribution < 1.29 is 14.4 Å². The smallest absolute Gasteiger partial charge is 0.320 e. The van der Waals surface area contributed by atoms with Crippen LogP contribution in [0.5, 0.6) is 0 Å². The quantitative estimate of drug-likeness (QED) is 0.714. The highest BCUT2D eigenvalue weighted by molar-refractivity contribution is 5.73. The molecule has 0 aliphatic heterocycles. The summed E-state index contributed by atoms with van der Waals surface area (Å²) in [6.07, 6.45) is 3.14. The Kier molecular flexibility index (Phi) is 5.62. The topological polar surface area (TPSA) is 88.2 Å². The lowest BCUT2D eigenvalue weighted by atomic mass is 10.2. The van der Waals surface area contributed by atoms with Crippen molar-refractivity contribution in [3.63, 3.8) is 0 Å². The summed E-state index contributed by atoms with van der Waals surface area (Å²) < 4.78 is 5.01. The fourth-order valence-electron chi connectivity index (χ4n) is 1.50. The van der Waals surface area contributed by atoms with Gasteiger partial charge in [0.15, 0.2) is 5.82 Å². The predicted molar refractivity (Wildman–Crippen MR) is 61.5 cm³/mol. The summed E-state index contributed by atoms with van der Waals surface area (Å²) >= 11 is 0. The van der Waals surface area contributed by atoms with E-state index in [0.717, 1.165) is 19.3 Å². The first-order valence-electron chi connectivity index (χ1n) is 5.95. The number of aryl methyl sites for hydroxylation is 1. The molecular weight excluding hydrogens is 222 g/mol. The van der Waals surface area contributed by atoms with E-state index < -0.39 is 12.0 Å². The van der Waals surface area contributed by atoms with Crippen LogP contribution in [0.3, 0.4) is 0 Å². The van der Waals surface area contributed by atoms with Crippen LogP contribution in [-0.4, -0.2) is 27.3 Å². The summed E-state index contributed by atoms with van der Waals surface area (Å²) in [5.74, 6) is 0.266. The lowest BCUT2D eigenvalue weighted by Gasteiger charge is -2.11. The van der Waals surface area contributed by atoms with Gasteiger partial charge in [-0.2, -0.15) is 4.98 Å². The summed E-state index contributed by atoms with van der Waals surface area (Å²) in [6, 6.07) is -0.554. The van der Waals surface area contributed by atoms with E-state index in [1.807, 2.05) is 13.8 Å². The second-order valence-electron chi connectivity index (χ2n) is 3.91. The molecule has 2 N–H and O–H groups in total. The number of aliphatic carboxylic acids is 1. The number of hydrogen-bond donors (Lipinski definition) is 2. The highest BCUT2D eigenvalue weighted by atomic mass is 16.5. The predicted octanol–water partition coefficient (Wildman–Crippen LogP) is 1.36. The van der Waals surface area contributed by atoms with Crippen LogP contribution in [0.25, 0.3) is 0 Å². The largest absolute Gasteiger partial charge is 0.480 e. The molecule has 1 aromatic rings. The summed E-state index contributed by atoms with van der Waals surface area (Å²) in [4.78, 5) is 15.0. The van der Waals surface area contributed by atoms with Crippen molar-refractivity contribution in [1.82, 2.24) is 15.5 Å². The Hall–Kier alpha value is -1.43. The van der Waals surface area contributed by atoms with Crippen LogP contribution in [0.2, 0.25) is 0 Å². The second kappa shape index (κ2) is 7.01. The minimum Gasteiger partial charge on any atom is -0.480 e. The molecule has 1 atom stereocenters. The molecule has 0 aliphatic rings. The Balaban J connectivity index is 2.44. The number of carboxylic acids is 1. The molecule has 0 aromatic carbocycles.